The van der Waals surface area contributed by atoms with E-state index in [9.17, 15) is 0 Å². The van der Waals surface area contributed by atoms with Crippen LogP contribution in [0.2, 0.25) is 0 Å². The second-order valence-electron chi connectivity index (χ2n) is 4.47. The number of nitrogens with zero attached hydrogens (tertiary/aromatic N) is 1. The molecule has 0 bridgehead atoms. The summed E-state index contributed by atoms with van der Waals surface area (Å²) < 4.78 is 0. The van der Waals surface area contributed by atoms with Gasteiger partial charge in [-0.2, -0.15) is 0 Å². The summed E-state index contributed by atoms with van der Waals surface area (Å²) in [4.78, 5) is 2.24. The van der Waals surface area contributed by atoms with Crippen LogP contribution >= 0.6 is 0 Å². The van der Waals surface area contributed by atoms with Gasteiger partial charge in [0, 0.05) is 0 Å². The van der Waals surface area contributed by atoms with Crippen LogP contribution in [0.25, 0.3) is 0 Å². The molecule has 0 aliphatic carbocycles. The zero-order valence-corrected chi connectivity index (χ0v) is 8.07. The van der Waals surface area contributed by atoms with Crippen molar-refractivity contribution in [2.75, 3.05) is 20.6 Å². The first-order valence-corrected chi connectivity index (χ1v) is 4.06. The van der Waals surface area contributed by atoms with Crippen molar-refractivity contribution in [1.82, 2.24) is 4.90 Å². The van der Waals surface area contributed by atoms with Crippen LogP contribution in [0, 0.1) is 5.41 Å². The van der Waals surface area contributed by atoms with E-state index in [0.717, 1.165) is 0 Å². The molecule has 1 nitrogen and oxygen atoms in total. The van der Waals surface area contributed by atoms with E-state index in [1.807, 2.05) is 0 Å². The summed E-state index contributed by atoms with van der Waals surface area (Å²) in [5.41, 5.74) is 0.510. The summed E-state index contributed by atoms with van der Waals surface area (Å²) >= 11 is 0. The monoisotopic (exact) mass is 159 g/mol. The fourth-order valence-corrected chi connectivity index (χ4v) is 0.926. The van der Waals surface area contributed by atoms with Crippen molar-refractivity contribution in [2.45, 2.75) is 41.0 Å². The van der Waals surface area contributed by atoms with Crippen LogP contribution in [0.3, 0.4) is 0 Å². The lowest BCUT2D eigenvalue weighted by Gasteiger charge is -2.19. The summed E-state index contributed by atoms with van der Waals surface area (Å²) in [6, 6.07) is 0. The van der Waals surface area contributed by atoms with Crippen molar-refractivity contribution in [1.29, 1.82) is 0 Å². The molecule has 0 aliphatic heterocycles. The molecule has 0 heterocycles. The van der Waals surface area contributed by atoms with Gasteiger partial charge in [0.1, 0.15) is 0 Å². The Labute approximate surface area is 72.8 Å². The molecule has 0 saturated carbocycles. The maximum Gasteiger partial charge on any atom is -0.00246 e. The molecule has 0 saturated heterocycles. The van der Waals surface area contributed by atoms with Crippen molar-refractivity contribution in [3.63, 3.8) is 0 Å². The van der Waals surface area contributed by atoms with Gasteiger partial charge in [0.2, 0.25) is 0 Å². The van der Waals surface area contributed by atoms with Crippen LogP contribution < -0.4 is 0 Å². The molecule has 11 heavy (non-hydrogen) atoms. The maximum atomic E-state index is 2.29. The molecular weight excluding hydrogens is 134 g/mol. The third-order valence-electron chi connectivity index (χ3n) is 1.53. The van der Waals surface area contributed by atoms with E-state index in [0.29, 0.717) is 5.41 Å². The largest absolute Gasteiger partial charge is 0.309 e. The molecule has 0 aromatic carbocycles. The fourth-order valence-electron chi connectivity index (χ4n) is 0.926. The van der Waals surface area contributed by atoms with E-state index in [4.69, 9.17) is 0 Å². The van der Waals surface area contributed by atoms with Gasteiger partial charge in [-0.05, 0) is 38.9 Å². The van der Waals surface area contributed by atoms with Crippen LogP contribution in [0.1, 0.15) is 41.0 Å². The minimum Gasteiger partial charge on any atom is -0.309 e. The van der Waals surface area contributed by atoms with Crippen LogP contribution in [0.15, 0.2) is 0 Å². The molecule has 0 aliphatic rings. The average molecular weight is 159 g/mol. The highest BCUT2D eigenvalue weighted by atomic mass is 15.0. The van der Waals surface area contributed by atoms with E-state index in [1.165, 1.54) is 19.4 Å². The first-order valence-electron chi connectivity index (χ1n) is 4.06. The molecule has 0 rings (SSSR count). The molecule has 0 fully saturated rings. The number of hydrogen-bond acceptors (Lipinski definition) is 1. The molecular formula is C10H25N. The average Bonchev–Trinajstić information content (AvgIpc) is 1.59. The Morgan fingerprint density at radius 1 is 1.09 bits per heavy atom. The van der Waals surface area contributed by atoms with Gasteiger partial charge in [-0.15, -0.1) is 0 Å². The fraction of sp³-hybridized carbons (Fsp3) is 1.00. The third kappa shape index (κ3) is 13.0. The van der Waals surface area contributed by atoms with E-state index in [1.54, 1.807) is 0 Å². The van der Waals surface area contributed by atoms with Crippen LogP contribution in [0.5, 0.6) is 0 Å². The summed E-state index contributed by atoms with van der Waals surface area (Å²) in [6.45, 7) is 8.10. The Morgan fingerprint density at radius 2 is 1.55 bits per heavy atom. The SMILES string of the molecule is C.CN(C)CCCC(C)(C)C. The van der Waals surface area contributed by atoms with Crippen molar-refractivity contribution >= 4 is 0 Å². The third-order valence-corrected chi connectivity index (χ3v) is 1.53. The highest BCUT2D eigenvalue weighted by molar-refractivity contribution is 4.61. The maximum absolute atomic E-state index is 2.29. The van der Waals surface area contributed by atoms with Gasteiger partial charge >= 0.3 is 0 Å². The number of rotatable bonds is 3. The zero-order valence-electron chi connectivity index (χ0n) is 8.07. The van der Waals surface area contributed by atoms with E-state index >= 15 is 0 Å². The molecule has 0 aromatic rings. The molecule has 0 aromatic heterocycles. The van der Waals surface area contributed by atoms with Gasteiger partial charge in [0.25, 0.3) is 0 Å². The van der Waals surface area contributed by atoms with Crippen molar-refractivity contribution in [3.8, 4) is 0 Å². The van der Waals surface area contributed by atoms with Gasteiger partial charge in [0.15, 0.2) is 0 Å². The Balaban J connectivity index is 0. The lowest BCUT2D eigenvalue weighted by atomic mass is 9.90. The lowest BCUT2D eigenvalue weighted by Crippen LogP contribution is -2.15. The number of hydrogen-bond donors (Lipinski definition) is 0. The van der Waals surface area contributed by atoms with Gasteiger partial charge < -0.3 is 4.90 Å². The Morgan fingerprint density at radius 3 is 1.82 bits per heavy atom. The summed E-state index contributed by atoms with van der Waals surface area (Å²) in [6.07, 6.45) is 2.64. The van der Waals surface area contributed by atoms with Gasteiger partial charge in [-0.3, -0.25) is 0 Å². The van der Waals surface area contributed by atoms with Crippen LogP contribution in [0.4, 0.5) is 0 Å². The van der Waals surface area contributed by atoms with Crippen LogP contribution in [-0.4, -0.2) is 25.5 Å². The van der Waals surface area contributed by atoms with Crippen molar-refractivity contribution < 1.29 is 0 Å². The van der Waals surface area contributed by atoms with E-state index in [2.05, 4.69) is 39.8 Å². The van der Waals surface area contributed by atoms with Crippen LogP contribution in [-0.2, 0) is 0 Å². The van der Waals surface area contributed by atoms with Crippen molar-refractivity contribution in [3.05, 3.63) is 0 Å². The minimum atomic E-state index is 0. The first-order chi connectivity index (χ1) is 4.42. The topological polar surface area (TPSA) is 3.24 Å². The normalized spacial score (nSPS) is 11.5. The molecule has 0 unspecified atom stereocenters. The lowest BCUT2D eigenvalue weighted by molar-refractivity contribution is 0.319. The van der Waals surface area contributed by atoms with E-state index in [-0.39, 0.29) is 7.43 Å². The van der Waals surface area contributed by atoms with E-state index < -0.39 is 0 Å². The summed E-state index contributed by atoms with van der Waals surface area (Å²) in [5.74, 6) is 0. The Kier molecular flexibility index (Phi) is 6.88. The first kappa shape index (κ1) is 13.5. The summed E-state index contributed by atoms with van der Waals surface area (Å²) in [7, 11) is 4.26. The smallest absolute Gasteiger partial charge is 0.00246 e. The quantitative estimate of drug-likeness (QED) is 0.612. The van der Waals surface area contributed by atoms with Gasteiger partial charge in [0.05, 0.1) is 0 Å². The second kappa shape index (κ2) is 5.59. The predicted molar refractivity (Wildman–Crippen MR) is 54.0 cm³/mol. The summed E-state index contributed by atoms with van der Waals surface area (Å²) in [5, 5.41) is 0. The van der Waals surface area contributed by atoms with Gasteiger partial charge in [-0.1, -0.05) is 28.2 Å². The molecule has 0 N–H and O–H groups in total. The molecule has 0 radical (unpaired) electrons. The Bertz CT molecular complexity index is 79.4. The predicted octanol–water partition coefficient (Wildman–Crippen LogP) is 3.01. The molecule has 0 atom stereocenters. The zero-order chi connectivity index (χ0) is 8.20. The highest BCUT2D eigenvalue weighted by Gasteiger charge is 2.08. The van der Waals surface area contributed by atoms with Crippen molar-refractivity contribution in [2.24, 2.45) is 5.41 Å². The standard InChI is InChI=1S/C9H21N.CH4/c1-9(2,3)7-6-8-10(4)5;/h6-8H2,1-5H3;1H4. The molecule has 1 heteroatoms. The molecule has 0 spiro atoms. The minimum absolute atomic E-state index is 0. The van der Waals surface area contributed by atoms with Gasteiger partial charge in [-0.25, -0.2) is 0 Å². The highest BCUT2D eigenvalue weighted by Crippen LogP contribution is 2.20. The Hall–Kier alpha value is -0.0400. The molecule has 0 amide bonds. The molecule has 70 valence electrons. The second-order valence-corrected chi connectivity index (χ2v) is 4.47.